The number of hydrogen-bond donors (Lipinski definition) is 1. The number of alkyl halides is 2. The van der Waals surface area contributed by atoms with E-state index in [2.05, 4.69) is 5.10 Å². The zero-order chi connectivity index (χ0) is 9.19. The van der Waals surface area contributed by atoms with Gasteiger partial charge >= 0.3 is 0 Å². The number of rotatable bonds is 3. The molecule has 0 aliphatic rings. The molecular formula is C7H11F2N3. The molecule has 0 saturated heterocycles. The first-order valence-corrected chi connectivity index (χ1v) is 3.60. The van der Waals surface area contributed by atoms with Crippen molar-refractivity contribution in [2.24, 2.45) is 5.73 Å². The minimum atomic E-state index is -2.72. The van der Waals surface area contributed by atoms with Crippen molar-refractivity contribution in [2.75, 3.05) is 0 Å². The summed E-state index contributed by atoms with van der Waals surface area (Å²) in [5, 5.41) is 3.73. The smallest absolute Gasteiger partial charge is 0.264 e. The Labute approximate surface area is 69.2 Å². The lowest BCUT2D eigenvalue weighted by Gasteiger charge is -2.08. The molecule has 0 unspecified atom stereocenters. The zero-order valence-corrected chi connectivity index (χ0v) is 6.80. The lowest BCUT2D eigenvalue weighted by Crippen LogP contribution is -2.19. The molecule has 2 N–H and O–H groups in total. The van der Waals surface area contributed by atoms with Crippen molar-refractivity contribution < 1.29 is 8.78 Å². The number of nitrogens with zero attached hydrogens (tertiary/aromatic N) is 2. The van der Waals surface area contributed by atoms with Crippen LogP contribution in [0.4, 0.5) is 8.78 Å². The highest BCUT2D eigenvalue weighted by Crippen LogP contribution is 2.14. The van der Waals surface area contributed by atoms with Gasteiger partial charge in [0.15, 0.2) is 0 Å². The summed E-state index contributed by atoms with van der Waals surface area (Å²) in [5.41, 5.74) is 6.05. The molecule has 68 valence electrons. The fourth-order valence-corrected chi connectivity index (χ4v) is 0.883. The van der Waals surface area contributed by atoms with Crippen LogP contribution in [0.5, 0.6) is 0 Å². The molecule has 3 nitrogen and oxygen atoms in total. The molecule has 1 aromatic rings. The first kappa shape index (κ1) is 9.12. The maximum Gasteiger partial charge on any atom is 0.264 e. The van der Waals surface area contributed by atoms with Crippen LogP contribution in [-0.2, 0) is 13.1 Å². The number of halogens is 2. The normalized spacial score (nSPS) is 12.0. The van der Waals surface area contributed by atoms with Crippen molar-refractivity contribution in [3.8, 4) is 0 Å². The molecule has 0 aromatic carbocycles. The van der Waals surface area contributed by atoms with Gasteiger partial charge in [-0.3, -0.25) is 4.68 Å². The van der Waals surface area contributed by atoms with E-state index in [-0.39, 0.29) is 0 Å². The Morgan fingerprint density at radius 3 is 2.75 bits per heavy atom. The highest BCUT2D eigenvalue weighted by molar-refractivity contribution is 5.02. The van der Waals surface area contributed by atoms with Gasteiger partial charge in [-0.2, -0.15) is 5.10 Å². The monoisotopic (exact) mass is 175 g/mol. The van der Waals surface area contributed by atoms with Crippen LogP contribution in [0.15, 0.2) is 12.4 Å². The van der Waals surface area contributed by atoms with Crippen LogP contribution in [0.1, 0.15) is 12.5 Å². The van der Waals surface area contributed by atoms with Crippen LogP contribution in [0.3, 0.4) is 0 Å². The first-order chi connectivity index (χ1) is 5.51. The lowest BCUT2D eigenvalue weighted by molar-refractivity contribution is 0.000576. The van der Waals surface area contributed by atoms with Gasteiger partial charge in [-0.25, -0.2) is 8.78 Å². The van der Waals surface area contributed by atoms with E-state index in [4.69, 9.17) is 5.73 Å². The summed E-state index contributed by atoms with van der Waals surface area (Å²) in [6.07, 6.45) is 3.02. The second-order valence-corrected chi connectivity index (χ2v) is 2.82. The quantitative estimate of drug-likeness (QED) is 0.744. The maximum absolute atomic E-state index is 12.4. The van der Waals surface area contributed by atoms with Crippen LogP contribution in [0.2, 0.25) is 0 Å². The molecule has 0 amide bonds. The average Bonchev–Trinajstić information content (AvgIpc) is 2.32. The SMILES string of the molecule is CC(F)(F)Cn1cc(CN)cn1. The molecule has 5 heteroatoms. The third kappa shape index (κ3) is 2.58. The molecule has 0 fully saturated rings. The van der Waals surface area contributed by atoms with E-state index in [0.29, 0.717) is 6.54 Å². The highest BCUT2D eigenvalue weighted by atomic mass is 19.3. The van der Waals surface area contributed by atoms with Crippen molar-refractivity contribution in [3.63, 3.8) is 0 Å². The molecule has 0 bridgehead atoms. The fourth-order valence-electron chi connectivity index (χ4n) is 0.883. The van der Waals surface area contributed by atoms with E-state index in [1.54, 1.807) is 0 Å². The van der Waals surface area contributed by atoms with Crippen LogP contribution in [-0.4, -0.2) is 15.7 Å². The van der Waals surface area contributed by atoms with Gasteiger partial charge in [0.2, 0.25) is 0 Å². The Kier molecular flexibility index (Phi) is 2.42. The minimum absolute atomic E-state index is 0.329. The molecule has 0 spiro atoms. The van der Waals surface area contributed by atoms with E-state index in [1.165, 1.54) is 17.1 Å². The molecule has 0 atom stereocenters. The molecule has 12 heavy (non-hydrogen) atoms. The Morgan fingerprint density at radius 1 is 1.67 bits per heavy atom. The summed E-state index contributed by atoms with van der Waals surface area (Å²) < 4.78 is 26.1. The highest BCUT2D eigenvalue weighted by Gasteiger charge is 2.21. The maximum atomic E-state index is 12.4. The fraction of sp³-hybridized carbons (Fsp3) is 0.571. The summed E-state index contributed by atoms with van der Waals surface area (Å²) in [6.45, 7) is 0.791. The summed E-state index contributed by atoms with van der Waals surface area (Å²) in [5.74, 6) is -2.72. The van der Waals surface area contributed by atoms with Gasteiger partial charge in [-0.1, -0.05) is 0 Å². The van der Waals surface area contributed by atoms with E-state index < -0.39 is 12.5 Å². The Balaban J connectivity index is 2.64. The van der Waals surface area contributed by atoms with Gasteiger partial charge in [0.1, 0.15) is 6.54 Å². The minimum Gasteiger partial charge on any atom is -0.326 e. The Bertz CT molecular complexity index is 251. The standard InChI is InChI=1S/C7H11F2N3/c1-7(8,9)5-12-4-6(2-10)3-11-12/h3-4H,2,5,10H2,1H3. The second-order valence-electron chi connectivity index (χ2n) is 2.82. The summed E-state index contributed by atoms with van der Waals surface area (Å²) >= 11 is 0. The van der Waals surface area contributed by atoms with Crippen LogP contribution in [0.25, 0.3) is 0 Å². The predicted molar refractivity (Wildman–Crippen MR) is 40.7 cm³/mol. The number of aromatic nitrogens is 2. The van der Waals surface area contributed by atoms with Gasteiger partial charge in [-0.15, -0.1) is 0 Å². The lowest BCUT2D eigenvalue weighted by atomic mass is 10.3. The molecule has 0 aliphatic heterocycles. The van der Waals surface area contributed by atoms with Crippen molar-refractivity contribution in [2.45, 2.75) is 25.9 Å². The largest absolute Gasteiger partial charge is 0.326 e. The van der Waals surface area contributed by atoms with Gasteiger partial charge in [0, 0.05) is 25.2 Å². The van der Waals surface area contributed by atoms with Gasteiger partial charge < -0.3 is 5.73 Å². The van der Waals surface area contributed by atoms with Crippen molar-refractivity contribution >= 4 is 0 Å². The molecule has 0 saturated carbocycles. The molecule has 1 aromatic heterocycles. The molecule has 1 heterocycles. The average molecular weight is 175 g/mol. The number of hydrogen-bond acceptors (Lipinski definition) is 2. The molecular weight excluding hydrogens is 164 g/mol. The van der Waals surface area contributed by atoms with Gasteiger partial charge in [-0.05, 0) is 0 Å². The molecule has 1 rings (SSSR count). The predicted octanol–water partition coefficient (Wildman–Crippen LogP) is 0.997. The molecule has 0 radical (unpaired) electrons. The van der Waals surface area contributed by atoms with Gasteiger partial charge in [0.05, 0.1) is 6.20 Å². The first-order valence-electron chi connectivity index (χ1n) is 3.60. The Hall–Kier alpha value is -0.970. The van der Waals surface area contributed by atoms with Crippen molar-refractivity contribution in [3.05, 3.63) is 18.0 Å². The van der Waals surface area contributed by atoms with Crippen molar-refractivity contribution in [1.82, 2.24) is 9.78 Å². The Morgan fingerprint density at radius 2 is 2.33 bits per heavy atom. The van der Waals surface area contributed by atoms with Crippen molar-refractivity contribution in [1.29, 1.82) is 0 Å². The molecule has 0 aliphatic carbocycles. The summed E-state index contributed by atoms with van der Waals surface area (Å²) in [4.78, 5) is 0. The van der Waals surface area contributed by atoms with E-state index in [1.807, 2.05) is 0 Å². The number of nitrogens with two attached hydrogens (primary N) is 1. The van der Waals surface area contributed by atoms with Crippen LogP contribution >= 0.6 is 0 Å². The van der Waals surface area contributed by atoms with Crippen LogP contribution in [0, 0.1) is 0 Å². The van der Waals surface area contributed by atoms with Gasteiger partial charge in [0.25, 0.3) is 5.92 Å². The summed E-state index contributed by atoms with van der Waals surface area (Å²) in [6, 6.07) is 0. The van der Waals surface area contributed by atoms with E-state index in [0.717, 1.165) is 12.5 Å². The topological polar surface area (TPSA) is 43.8 Å². The van der Waals surface area contributed by atoms with E-state index >= 15 is 0 Å². The second kappa shape index (κ2) is 3.18. The van der Waals surface area contributed by atoms with E-state index in [9.17, 15) is 8.78 Å². The van der Waals surface area contributed by atoms with Crippen LogP contribution < -0.4 is 5.73 Å². The third-order valence-electron chi connectivity index (χ3n) is 1.36. The third-order valence-corrected chi connectivity index (χ3v) is 1.36. The summed E-state index contributed by atoms with van der Waals surface area (Å²) in [7, 11) is 0. The zero-order valence-electron chi connectivity index (χ0n) is 6.80.